The fraction of sp³-hybridized carbons (Fsp3) is 0.318. The summed E-state index contributed by atoms with van der Waals surface area (Å²) in [4.78, 5) is 47.0. The normalized spacial score (nSPS) is 17.5. The lowest BCUT2D eigenvalue weighted by molar-refractivity contribution is -0.553. The number of likely N-dealkylation sites (tertiary alicyclic amines) is 1. The molecule has 1 aliphatic carbocycles. The molecule has 7 nitrogen and oxygen atoms in total. The molecule has 3 aromatic carbocycles. The maximum atomic E-state index is 13.3. The molecule has 2 aliphatic heterocycles. The number of para-hydroxylation sites is 3. The minimum Gasteiger partial charge on any atom is -0.368 e. The Morgan fingerprint density at radius 1 is 0.885 bits per heavy atom. The van der Waals surface area contributed by atoms with Crippen LogP contribution in [0.5, 0.6) is 0 Å². The number of rotatable bonds is 10. The van der Waals surface area contributed by atoms with Gasteiger partial charge in [-0.15, -0.1) is 0 Å². The Hall–Kier alpha value is -4.95. The fourth-order valence-corrected chi connectivity index (χ4v) is 8.92. The fourth-order valence-electron chi connectivity index (χ4n) is 7.82. The first-order chi connectivity index (χ1) is 25.1. The van der Waals surface area contributed by atoms with Crippen LogP contribution in [0.4, 0.5) is 11.5 Å². The quantitative estimate of drug-likeness (QED) is 0.121. The van der Waals surface area contributed by atoms with Crippen molar-refractivity contribution in [2.75, 3.05) is 43.5 Å². The summed E-state index contributed by atoms with van der Waals surface area (Å²) in [7, 11) is 4.25. The molecule has 1 fully saturated rings. The molecular weight excluding hydrogens is 665 g/mol. The van der Waals surface area contributed by atoms with Gasteiger partial charge >= 0.3 is 0 Å². The predicted molar refractivity (Wildman–Crippen MR) is 212 cm³/mol. The molecule has 4 aromatic rings. The molecule has 0 radical (unpaired) electrons. The van der Waals surface area contributed by atoms with Crippen molar-refractivity contribution in [3.63, 3.8) is 0 Å². The standard InChI is InChI=1S/C44H47N4O3S/c1-29-30(2)44(51)42(31(3)43(29)50)47-24-21-32(22-25-47)26-35(49)16-13-23-45(4)40-27-33(28-41-46(5)38-19-11-12-20-39(38)52-41)36-17-9-10-18-37(36)48(40)34-14-7-6-8-15-34/h6-12,14-15,17-20,27-28,32H,13,16,21-26H2,1-5H3/q+1. The summed E-state index contributed by atoms with van der Waals surface area (Å²) in [5.41, 5.74) is 6.79. The van der Waals surface area contributed by atoms with E-state index >= 15 is 0 Å². The Labute approximate surface area is 311 Å². The number of ketones is 3. The highest BCUT2D eigenvalue weighted by molar-refractivity contribution is 8.03. The van der Waals surface area contributed by atoms with Crippen molar-refractivity contribution in [2.24, 2.45) is 5.92 Å². The number of hydrogen-bond acceptors (Lipinski definition) is 7. The lowest BCUT2D eigenvalue weighted by atomic mass is 9.86. The zero-order chi connectivity index (χ0) is 36.5. The SMILES string of the molecule is CC1=C(C)C(=O)C(N2CCC(CC(=O)CCCN(C)c3cc(C=C4Sc5ccccc5N4C)c4ccccc4[n+]3-c3ccccc3)CC2)=C(C)C1=O. The molecule has 0 amide bonds. The lowest BCUT2D eigenvalue weighted by Crippen LogP contribution is -2.40. The first kappa shape index (κ1) is 35.5. The van der Waals surface area contributed by atoms with Crippen molar-refractivity contribution in [1.29, 1.82) is 0 Å². The maximum absolute atomic E-state index is 13.3. The topological polar surface area (TPSA) is 64.8 Å². The Morgan fingerprint density at radius 3 is 2.31 bits per heavy atom. The van der Waals surface area contributed by atoms with Gasteiger partial charge in [0.2, 0.25) is 5.78 Å². The van der Waals surface area contributed by atoms with E-state index in [4.69, 9.17) is 0 Å². The minimum atomic E-state index is -0.0352. The van der Waals surface area contributed by atoms with Crippen LogP contribution in [0.2, 0.25) is 0 Å². The van der Waals surface area contributed by atoms with Gasteiger partial charge in [-0.3, -0.25) is 19.3 Å². The maximum Gasteiger partial charge on any atom is 0.282 e. The molecule has 0 bridgehead atoms. The van der Waals surface area contributed by atoms with Gasteiger partial charge in [-0.2, -0.15) is 4.57 Å². The van der Waals surface area contributed by atoms with Crippen molar-refractivity contribution >= 4 is 57.6 Å². The van der Waals surface area contributed by atoms with Gasteiger partial charge in [0.1, 0.15) is 17.0 Å². The van der Waals surface area contributed by atoms with Crippen LogP contribution in [0.3, 0.4) is 0 Å². The number of aromatic nitrogens is 1. The van der Waals surface area contributed by atoms with E-state index in [9.17, 15) is 14.4 Å². The number of piperidine rings is 1. The average molecular weight is 712 g/mol. The van der Waals surface area contributed by atoms with Gasteiger partial charge in [-0.05, 0) is 87.9 Å². The molecule has 52 heavy (non-hydrogen) atoms. The summed E-state index contributed by atoms with van der Waals surface area (Å²) >= 11 is 1.80. The average Bonchev–Trinajstić information content (AvgIpc) is 3.48. The van der Waals surface area contributed by atoms with E-state index in [-0.39, 0.29) is 11.6 Å². The molecule has 3 aliphatic rings. The van der Waals surface area contributed by atoms with E-state index in [1.807, 2.05) is 6.07 Å². The summed E-state index contributed by atoms with van der Waals surface area (Å²) in [5, 5.41) is 2.36. The third kappa shape index (κ3) is 6.84. The van der Waals surface area contributed by atoms with Crippen LogP contribution in [0, 0.1) is 5.92 Å². The molecule has 0 saturated carbocycles. The number of carbonyl (C=O) groups is 3. The Bertz CT molecular complexity index is 2160. The van der Waals surface area contributed by atoms with E-state index in [1.54, 1.807) is 32.5 Å². The third-order valence-corrected chi connectivity index (χ3v) is 12.1. The summed E-state index contributed by atoms with van der Waals surface area (Å²) in [6, 6.07) is 29.9. The van der Waals surface area contributed by atoms with Crippen molar-refractivity contribution in [3.05, 3.63) is 118 Å². The molecule has 0 unspecified atom stereocenters. The van der Waals surface area contributed by atoms with Crippen molar-refractivity contribution in [2.45, 2.75) is 57.8 Å². The van der Waals surface area contributed by atoms with Crippen LogP contribution in [0.15, 0.2) is 117 Å². The molecule has 0 atom stereocenters. The summed E-state index contributed by atoms with van der Waals surface area (Å²) in [6.07, 6.45) is 5.83. The van der Waals surface area contributed by atoms with Gasteiger partial charge in [0, 0.05) is 66.0 Å². The Kier molecular flexibility index (Phi) is 10.2. The van der Waals surface area contributed by atoms with E-state index in [2.05, 4.69) is 118 Å². The molecule has 266 valence electrons. The largest absolute Gasteiger partial charge is 0.368 e. The Morgan fingerprint density at radius 2 is 1.56 bits per heavy atom. The number of nitrogens with zero attached hydrogens (tertiary/aromatic N) is 4. The molecule has 1 saturated heterocycles. The highest BCUT2D eigenvalue weighted by atomic mass is 32.2. The van der Waals surface area contributed by atoms with Gasteiger partial charge in [-0.1, -0.05) is 60.3 Å². The summed E-state index contributed by atoms with van der Waals surface area (Å²) in [5.74, 6) is 1.59. The highest BCUT2D eigenvalue weighted by Crippen LogP contribution is 2.46. The van der Waals surface area contributed by atoms with Crippen LogP contribution in [0.25, 0.3) is 22.7 Å². The Balaban J connectivity index is 1.05. The van der Waals surface area contributed by atoms with Crippen LogP contribution in [-0.4, -0.2) is 56.0 Å². The zero-order valence-corrected chi connectivity index (χ0v) is 31.6. The zero-order valence-electron chi connectivity index (χ0n) is 30.8. The number of carbonyl (C=O) groups excluding carboxylic acids is 3. The number of pyridine rings is 1. The number of Topliss-reactive ketones (excluding diaryl/α,β-unsaturated/α-hetero) is 3. The second kappa shape index (κ2) is 15.0. The number of thioether (sulfide) groups is 1. The number of anilines is 2. The van der Waals surface area contributed by atoms with Gasteiger partial charge in [0.05, 0.1) is 30.0 Å². The molecule has 3 heterocycles. The van der Waals surface area contributed by atoms with Crippen LogP contribution >= 0.6 is 11.8 Å². The molecule has 8 heteroatoms. The molecule has 7 rings (SSSR count). The van der Waals surface area contributed by atoms with Gasteiger partial charge in [0.25, 0.3) is 5.82 Å². The second-order valence-electron chi connectivity index (χ2n) is 14.3. The first-order valence-corrected chi connectivity index (χ1v) is 19.1. The number of benzene rings is 3. The molecule has 0 N–H and O–H groups in total. The van der Waals surface area contributed by atoms with E-state index in [1.165, 1.54) is 21.0 Å². The van der Waals surface area contributed by atoms with Gasteiger partial charge in [-0.25, -0.2) is 0 Å². The van der Waals surface area contributed by atoms with Crippen molar-refractivity contribution < 1.29 is 19.0 Å². The van der Waals surface area contributed by atoms with E-state index in [0.717, 1.165) is 48.4 Å². The number of hydrogen-bond donors (Lipinski definition) is 0. The summed E-state index contributed by atoms with van der Waals surface area (Å²) < 4.78 is 2.33. The molecular formula is C44H47N4O3S+. The smallest absolute Gasteiger partial charge is 0.282 e. The lowest BCUT2D eigenvalue weighted by Gasteiger charge is -2.36. The van der Waals surface area contributed by atoms with E-state index < -0.39 is 0 Å². The van der Waals surface area contributed by atoms with Crippen molar-refractivity contribution in [3.8, 4) is 5.69 Å². The van der Waals surface area contributed by atoms with Crippen LogP contribution in [0.1, 0.15) is 58.4 Å². The second-order valence-corrected chi connectivity index (χ2v) is 15.4. The van der Waals surface area contributed by atoms with Gasteiger partial charge < -0.3 is 9.80 Å². The number of fused-ring (bicyclic) bond motifs is 2. The third-order valence-electron chi connectivity index (χ3n) is 11.0. The van der Waals surface area contributed by atoms with Crippen LogP contribution in [-0.2, 0) is 14.4 Å². The predicted octanol–water partition coefficient (Wildman–Crippen LogP) is 8.31. The molecule has 0 spiro atoms. The van der Waals surface area contributed by atoms with Crippen molar-refractivity contribution in [1.82, 2.24) is 4.90 Å². The highest BCUT2D eigenvalue weighted by Gasteiger charge is 2.33. The monoisotopic (exact) mass is 711 g/mol. The number of allylic oxidation sites excluding steroid dienone is 3. The van der Waals surface area contributed by atoms with E-state index in [0.29, 0.717) is 60.0 Å². The first-order valence-electron chi connectivity index (χ1n) is 18.3. The van der Waals surface area contributed by atoms with Crippen LogP contribution < -0.4 is 14.4 Å². The minimum absolute atomic E-state index is 0.0349. The van der Waals surface area contributed by atoms with Gasteiger partial charge in [0.15, 0.2) is 5.78 Å². The molecule has 1 aromatic heterocycles. The summed E-state index contributed by atoms with van der Waals surface area (Å²) in [6.45, 7) is 7.37.